The number of aliphatic hydroxyl groups excluding tert-OH is 1. The second-order valence-corrected chi connectivity index (χ2v) is 19.0. The first-order valence-electron chi connectivity index (χ1n) is 22.5. The lowest BCUT2D eigenvalue weighted by Crippen LogP contribution is -2.63. The molecule has 5 aliphatic heterocycles. The van der Waals surface area contributed by atoms with E-state index >= 15 is 0 Å². The van der Waals surface area contributed by atoms with Gasteiger partial charge >= 0.3 is 11.9 Å². The molecule has 0 bridgehead atoms. The predicted molar refractivity (Wildman–Crippen MR) is 220 cm³/mol. The van der Waals surface area contributed by atoms with Crippen molar-refractivity contribution in [1.29, 1.82) is 0 Å². The number of rotatable bonds is 14. The lowest BCUT2D eigenvalue weighted by Gasteiger charge is -2.54. The first-order valence-corrected chi connectivity index (χ1v) is 22.5. The van der Waals surface area contributed by atoms with E-state index in [4.69, 9.17) is 39.6 Å². The van der Waals surface area contributed by atoms with Gasteiger partial charge in [0.1, 0.15) is 5.78 Å². The zero-order chi connectivity index (χ0) is 43.7. The van der Waals surface area contributed by atoms with Crippen LogP contribution in [0.15, 0.2) is 12.2 Å². The molecule has 0 aromatic rings. The molecule has 18 atom stereocenters. The number of hydrogen-bond acceptors (Lipinski definition) is 12. The minimum Gasteiger partial charge on any atom is -0.453 e. The summed E-state index contributed by atoms with van der Waals surface area (Å²) in [6.07, 6.45) is 11.0. The molecule has 0 radical (unpaired) electrons. The highest BCUT2D eigenvalue weighted by atomic mass is 16.8. The molecule has 5 aliphatic rings. The Morgan fingerprint density at radius 3 is 2.24 bits per heavy atom. The van der Waals surface area contributed by atoms with E-state index in [1.165, 1.54) is 6.92 Å². The first-order chi connectivity index (χ1) is 27.7. The van der Waals surface area contributed by atoms with Gasteiger partial charge in [0.25, 0.3) is 0 Å². The lowest BCUT2D eigenvalue weighted by molar-refractivity contribution is -0.409. The van der Waals surface area contributed by atoms with E-state index < -0.39 is 70.7 Å². The van der Waals surface area contributed by atoms with E-state index in [-0.39, 0.29) is 60.5 Å². The van der Waals surface area contributed by atoms with Crippen LogP contribution in [0.4, 0.5) is 0 Å². The Kier molecular flexibility index (Phi) is 15.3. The molecule has 0 aromatic carbocycles. The van der Waals surface area contributed by atoms with Gasteiger partial charge in [-0.25, -0.2) is 0 Å². The second-order valence-electron chi connectivity index (χ2n) is 19.0. The van der Waals surface area contributed by atoms with Crippen molar-refractivity contribution in [3.63, 3.8) is 0 Å². The Morgan fingerprint density at radius 2 is 1.63 bits per heavy atom. The summed E-state index contributed by atoms with van der Waals surface area (Å²) in [4.78, 5) is 39.9. The lowest BCUT2D eigenvalue weighted by atomic mass is 9.72. The molecule has 59 heavy (non-hydrogen) atoms. The number of ketones is 1. The van der Waals surface area contributed by atoms with E-state index in [0.717, 1.165) is 6.42 Å². The summed E-state index contributed by atoms with van der Waals surface area (Å²) < 4.78 is 45.3. The highest BCUT2D eigenvalue weighted by molar-refractivity contribution is 5.84. The molecule has 0 aromatic heterocycles. The maximum absolute atomic E-state index is 14.6. The average molecular weight is 831 g/mol. The predicted octanol–water partition coefficient (Wildman–Crippen LogP) is 6.85. The number of ether oxygens (including phenoxy) is 7. The monoisotopic (exact) mass is 831 g/mol. The van der Waals surface area contributed by atoms with E-state index in [0.29, 0.717) is 57.8 Å². The minimum absolute atomic E-state index is 0.0164. The maximum atomic E-state index is 14.6. The summed E-state index contributed by atoms with van der Waals surface area (Å²) in [5, 5.41) is 23.0. The molecular weight excluding hydrogens is 757 g/mol. The number of esters is 2. The first kappa shape index (κ1) is 47.7. The third kappa shape index (κ3) is 9.52. The molecule has 5 rings (SSSR count). The maximum Gasteiger partial charge on any atom is 0.312 e. The Bertz CT molecular complexity index is 1560. The van der Waals surface area contributed by atoms with E-state index in [1.807, 2.05) is 53.7 Å². The third-order valence-electron chi connectivity index (χ3n) is 15.0. The zero-order valence-electron chi connectivity index (χ0n) is 37.6. The highest BCUT2D eigenvalue weighted by Gasteiger charge is 2.64. The van der Waals surface area contributed by atoms with Gasteiger partial charge in [0.05, 0.1) is 53.7 Å². The van der Waals surface area contributed by atoms with Crippen LogP contribution in [0.2, 0.25) is 0 Å². The number of carbonyl (C=O) groups is 3. The molecule has 2 spiro atoms. The van der Waals surface area contributed by atoms with Crippen molar-refractivity contribution in [2.75, 3.05) is 6.61 Å². The van der Waals surface area contributed by atoms with Crippen molar-refractivity contribution in [1.82, 2.24) is 0 Å². The van der Waals surface area contributed by atoms with Crippen molar-refractivity contribution in [2.45, 2.75) is 206 Å². The number of terminal acetylenes is 1. The fourth-order valence-electron chi connectivity index (χ4n) is 11.0. The topological polar surface area (TPSA) is 156 Å². The van der Waals surface area contributed by atoms with Gasteiger partial charge in [0.2, 0.25) is 5.79 Å². The zero-order valence-corrected chi connectivity index (χ0v) is 37.6. The van der Waals surface area contributed by atoms with Crippen molar-refractivity contribution in [2.24, 2.45) is 41.4 Å². The van der Waals surface area contributed by atoms with Crippen LogP contribution in [0.1, 0.15) is 140 Å². The van der Waals surface area contributed by atoms with Crippen molar-refractivity contribution >= 4 is 17.7 Å². The van der Waals surface area contributed by atoms with Crippen LogP contribution in [0, 0.1) is 53.8 Å². The van der Waals surface area contributed by atoms with Crippen LogP contribution < -0.4 is 0 Å². The Morgan fingerprint density at radius 1 is 0.932 bits per heavy atom. The SMILES string of the molecule is C#CCOC(=O)[C@H](CC)[C@H]1CC[C@H](C)[C@H]([C@@H](C)[C@H](O)[C@H](C)C(=O)[C@H](CC)[C@H]2O[C@]3(C=C[C@H](OC(C)=O)[C@]4(CC[C@@](C)([C@H]5CC[C@](O)(CC)[C@H](C)O5)O4)O3)[C@H](C)C[C@@H]2C)O1. The van der Waals surface area contributed by atoms with Gasteiger partial charge in [-0.2, -0.15) is 0 Å². The van der Waals surface area contributed by atoms with E-state index in [9.17, 15) is 24.6 Å². The van der Waals surface area contributed by atoms with Crippen LogP contribution in [0.25, 0.3) is 0 Å². The number of aliphatic hydroxyl groups is 2. The molecule has 0 saturated carbocycles. The molecule has 4 saturated heterocycles. The normalized spacial score (nSPS) is 42.3. The molecule has 0 aliphatic carbocycles. The molecule has 12 heteroatoms. The van der Waals surface area contributed by atoms with E-state index in [1.54, 1.807) is 6.92 Å². The van der Waals surface area contributed by atoms with Crippen molar-refractivity contribution in [3.05, 3.63) is 12.2 Å². The Balaban J connectivity index is 1.34. The molecule has 4 fully saturated rings. The van der Waals surface area contributed by atoms with E-state index in [2.05, 4.69) is 26.7 Å². The molecule has 2 N–H and O–H groups in total. The van der Waals surface area contributed by atoms with Crippen LogP contribution in [0.5, 0.6) is 0 Å². The molecule has 0 unspecified atom stereocenters. The fraction of sp³-hybridized carbons (Fsp3) is 0.851. The smallest absolute Gasteiger partial charge is 0.312 e. The number of carbonyl (C=O) groups excluding carboxylic acids is 3. The number of hydrogen-bond donors (Lipinski definition) is 2. The highest BCUT2D eigenvalue weighted by Crippen LogP contribution is 2.54. The van der Waals surface area contributed by atoms with Crippen LogP contribution >= 0.6 is 0 Å². The van der Waals surface area contributed by atoms with Crippen molar-refractivity contribution < 1.29 is 57.8 Å². The van der Waals surface area contributed by atoms with Gasteiger partial charge in [-0.05, 0) is 95.6 Å². The summed E-state index contributed by atoms with van der Waals surface area (Å²) >= 11 is 0. The van der Waals surface area contributed by atoms with Crippen LogP contribution in [0.3, 0.4) is 0 Å². The molecule has 12 nitrogen and oxygen atoms in total. The fourth-order valence-corrected chi connectivity index (χ4v) is 11.0. The van der Waals surface area contributed by atoms with Crippen molar-refractivity contribution in [3.8, 4) is 12.3 Å². The van der Waals surface area contributed by atoms with Gasteiger partial charge in [-0.1, -0.05) is 61.3 Å². The Hall–Kier alpha value is -2.37. The molecule has 334 valence electrons. The second kappa shape index (κ2) is 18.9. The van der Waals surface area contributed by atoms with Gasteiger partial charge in [0, 0.05) is 37.0 Å². The molecule has 0 amide bonds. The molecular formula is C47H74O12. The summed E-state index contributed by atoms with van der Waals surface area (Å²) in [5.74, 6) is -3.48. The van der Waals surface area contributed by atoms with Gasteiger partial charge in [-0.15, -0.1) is 6.42 Å². The molecule has 5 heterocycles. The van der Waals surface area contributed by atoms with Crippen LogP contribution in [-0.2, 0) is 47.5 Å². The standard InChI is InChI=1S/C47H74O12/c1-13-25-53-43(51)34(14-2)36-18-17-27(5)41(56-36)31(9)39(49)30(8)40(50)35(15-3)42-28(6)26-29(7)46(57-42)22-20-38(55-33(11)48)47(59-46)24-23-44(12,58-47)37-19-21-45(52,16-4)32(10)54-37/h1,20,22,27-32,34-39,41-42,49,52H,14-19,21,23-26H2,2-12H3/t27-,28-,29+,30-,31-,32-,34+,35-,36+,37+,38-,39+,41+,42-,44-,45+,46-,47-/m0/s1. The Labute approximate surface area is 353 Å². The van der Waals surface area contributed by atoms with Gasteiger partial charge < -0.3 is 43.4 Å². The summed E-state index contributed by atoms with van der Waals surface area (Å²) in [7, 11) is 0. The summed E-state index contributed by atoms with van der Waals surface area (Å²) in [6.45, 7) is 21.0. The number of Topliss-reactive ketones (excluding diaryl/α,β-unsaturated/α-hetero) is 1. The quantitative estimate of drug-likeness (QED) is 0.107. The third-order valence-corrected chi connectivity index (χ3v) is 15.0. The summed E-state index contributed by atoms with van der Waals surface area (Å²) in [6, 6.07) is 0. The summed E-state index contributed by atoms with van der Waals surface area (Å²) in [5.41, 5.74) is -1.71. The van der Waals surface area contributed by atoms with Crippen LogP contribution in [-0.4, -0.2) is 100 Å². The van der Waals surface area contributed by atoms with Gasteiger partial charge in [0.15, 0.2) is 18.5 Å². The van der Waals surface area contributed by atoms with Gasteiger partial charge in [-0.3, -0.25) is 14.4 Å². The largest absolute Gasteiger partial charge is 0.453 e. The average Bonchev–Trinajstić information content (AvgIpc) is 3.54. The minimum atomic E-state index is -1.38.